The number of aromatic nitrogens is 2. The molecule has 0 spiro atoms. The maximum Gasteiger partial charge on any atom is 0.264 e. The van der Waals surface area contributed by atoms with Crippen LogP contribution in [-0.2, 0) is 6.54 Å². The van der Waals surface area contributed by atoms with Crippen molar-refractivity contribution >= 4 is 5.91 Å². The molecule has 0 atom stereocenters. The van der Waals surface area contributed by atoms with E-state index in [2.05, 4.69) is 54.9 Å². The van der Waals surface area contributed by atoms with Gasteiger partial charge in [0.15, 0.2) is 0 Å². The van der Waals surface area contributed by atoms with Gasteiger partial charge in [-0.05, 0) is 33.3 Å². The molecular weight excluding hydrogens is 328 g/mol. The molecule has 1 fully saturated rings. The maximum atomic E-state index is 13.0. The summed E-state index contributed by atoms with van der Waals surface area (Å²) in [5, 5.41) is 6.08. The van der Waals surface area contributed by atoms with Gasteiger partial charge in [-0.3, -0.25) is 14.5 Å². The Balaban J connectivity index is 1.85. The first-order chi connectivity index (χ1) is 12.2. The summed E-state index contributed by atoms with van der Waals surface area (Å²) in [6, 6.07) is 11.7. The number of piperazine rings is 1. The lowest BCUT2D eigenvalue weighted by molar-refractivity contribution is -0.0454. The smallest absolute Gasteiger partial charge is 0.264 e. The topological polar surface area (TPSA) is 69.3 Å². The third-order valence-corrected chi connectivity index (χ3v) is 5.08. The highest BCUT2D eigenvalue weighted by Crippen LogP contribution is 2.32. The molecule has 2 heterocycles. The molecule has 1 aliphatic rings. The largest absolute Gasteiger partial charge is 0.330 e. The number of rotatable bonds is 3. The van der Waals surface area contributed by atoms with Gasteiger partial charge in [0.05, 0.1) is 17.3 Å². The van der Waals surface area contributed by atoms with Gasteiger partial charge in [0.1, 0.15) is 0 Å². The summed E-state index contributed by atoms with van der Waals surface area (Å²) in [5.74, 6) is -0.152. The van der Waals surface area contributed by atoms with Crippen LogP contribution < -0.4 is 5.56 Å². The Kier molecular flexibility index (Phi) is 4.71. The third kappa shape index (κ3) is 3.70. The zero-order valence-electron chi connectivity index (χ0n) is 15.8. The Morgan fingerprint density at radius 2 is 1.81 bits per heavy atom. The minimum atomic E-state index is -0.365. The van der Waals surface area contributed by atoms with E-state index in [4.69, 9.17) is 0 Å². The number of amides is 1. The molecule has 6 heteroatoms. The molecule has 2 aromatic rings. The Morgan fingerprint density at radius 1 is 1.12 bits per heavy atom. The number of nitrogens with one attached hydrogen (secondary N) is 1. The van der Waals surface area contributed by atoms with E-state index in [1.165, 1.54) is 17.8 Å². The van der Waals surface area contributed by atoms with Crippen molar-refractivity contribution in [1.82, 2.24) is 20.0 Å². The summed E-state index contributed by atoms with van der Waals surface area (Å²) in [5.41, 5.74) is 0.680. The summed E-state index contributed by atoms with van der Waals surface area (Å²) in [6.07, 6.45) is 1.42. The van der Waals surface area contributed by atoms with Crippen molar-refractivity contribution < 1.29 is 4.79 Å². The molecular formula is C20H26N4O2. The van der Waals surface area contributed by atoms with Crippen molar-refractivity contribution in [2.45, 2.75) is 45.3 Å². The lowest BCUT2D eigenvalue weighted by atomic mass is 9.88. The van der Waals surface area contributed by atoms with E-state index in [9.17, 15) is 9.59 Å². The molecule has 1 aromatic heterocycles. The highest BCUT2D eigenvalue weighted by molar-refractivity contribution is 5.94. The lowest BCUT2D eigenvalue weighted by Crippen LogP contribution is -2.68. The van der Waals surface area contributed by atoms with Crippen LogP contribution in [0.1, 0.15) is 43.6 Å². The van der Waals surface area contributed by atoms with Crippen molar-refractivity contribution in [3.63, 3.8) is 0 Å². The maximum absolute atomic E-state index is 13.0. The van der Waals surface area contributed by atoms with Crippen LogP contribution in [0.25, 0.3) is 0 Å². The molecule has 0 bridgehead atoms. The molecule has 138 valence electrons. The van der Waals surface area contributed by atoms with Crippen LogP contribution in [0, 0.1) is 0 Å². The van der Waals surface area contributed by atoms with E-state index in [1.54, 1.807) is 0 Å². The standard InChI is InChI=1S/C20H26N4O2/c1-19(2)14-24(18(26)16-10-17(25)22-21-11-16)20(3,4)13-23(19)12-15-8-6-5-7-9-15/h5-11H,12-14H2,1-4H3,(H,22,25). The van der Waals surface area contributed by atoms with Crippen molar-refractivity contribution in [3.8, 4) is 0 Å². The molecule has 6 nitrogen and oxygen atoms in total. The second-order valence-electron chi connectivity index (χ2n) is 8.19. The first kappa shape index (κ1) is 18.3. The fourth-order valence-electron chi connectivity index (χ4n) is 3.54. The van der Waals surface area contributed by atoms with Crippen molar-refractivity contribution in [1.29, 1.82) is 0 Å². The molecule has 0 radical (unpaired) electrons. The molecule has 0 unspecified atom stereocenters. The molecule has 1 aliphatic heterocycles. The first-order valence-corrected chi connectivity index (χ1v) is 8.85. The highest BCUT2D eigenvalue weighted by atomic mass is 16.2. The van der Waals surface area contributed by atoms with Gasteiger partial charge in [-0.1, -0.05) is 30.3 Å². The first-order valence-electron chi connectivity index (χ1n) is 8.85. The fourth-order valence-corrected chi connectivity index (χ4v) is 3.54. The predicted octanol–water partition coefficient (Wildman–Crippen LogP) is 2.29. The van der Waals surface area contributed by atoms with E-state index in [0.29, 0.717) is 12.1 Å². The van der Waals surface area contributed by atoms with Gasteiger partial charge in [-0.25, -0.2) is 5.10 Å². The molecule has 1 saturated heterocycles. The van der Waals surface area contributed by atoms with E-state index in [1.807, 2.05) is 23.1 Å². The molecule has 1 N–H and O–H groups in total. The normalized spacial score (nSPS) is 19.3. The van der Waals surface area contributed by atoms with Crippen LogP contribution in [-0.4, -0.2) is 50.1 Å². The minimum absolute atomic E-state index is 0.152. The number of carbonyl (C=O) groups is 1. The van der Waals surface area contributed by atoms with Crippen LogP contribution in [0.3, 0.4) is 0 Å². The average molecular weight is 354 g/mol. The van der Waals surface area contributed by atoms with Gasteiger partial charge in [-0.2, -0.15) is 5.10 Å². The summed E-state index contributed by atoms with van der Waals surface area (Å²) in [6.45, 7) is 10.6. The number of benzene rings is 1. The van der Waals surface area contributed by atoms with Gasteiger partial charge in [0.2, 0.25) is 0 Å². The number of carbonyl (C=O) groups excluding carboxylic acids is 1. The average Bonchev–Trinajstić information content (AvgIpc) is 2.58. The monoisotopic (exact) mass is 354 g/mol. The second-order valence-corrected chi connectivity index (χ2v) is 8.19. The van der Waals surface area contributed by atoms with Crippen LogP contribution in [0.4, 0.5) is 0 Å². The molecule has 26 heavy (non-hydrogen) atoms. The van der Waals surface area contributed by atoms with Crippen LogP contribution in [0.15, 0.2) is 47.4 Å². The summed E-state index contributed by atoms with van der Waals surface area (Å²) >= 11 is 0. The zero-order valence-corrected chi connectivity index (χ0v) is 15.8. The minimum Gasteiger partial charge on any atom is -0.330 e. The van der Waals surface area contributed by atoms with E-state index >= 15 is 0 Å². The summed E-state index contributed by atoms with van der Waals surface area (Å²) < 4.78 is 0. The van der Waals surface area contributed by atoms with Gasteiger partial charge in [0, 0.05) is 31.2 Å². The number of hydrogen-bond donors (Lipinski definition) is 1. The Hall–Kier alpha value is -2.47. The Morgan fingerprint density at radius 3 is 2.46 bits per heavy atom. The molecule has 1 aromatic carbocycles. The molecule has 0 aliphatic carbocycles. The van der Waals surface area contributed by atoms with Crippen molar-refractivity contribution in [3.05, 3.63) is 64.1 Å². The van der Waals surface area contributed by atoms with Crippen LogP contribution >= 0.6 is 0 Å². The number of aromatic amines is 1. The zero-order chi connectivity index (χ0) is 18.9. The van der Waals surface area contributed by atoms with Crippen molar-refractivity contribution in [2.24, 2.45) is 0 Å². The predicted molar refractivity (Wildman–Crippen MR) is 101 cm³/mol. The van der Waals surface area contributed by atoms with Crippen LogP contribution in [0.5, 0.6) is 0 Å². The molecule has 0 saturated carbocycles. The highest BCUT2D eigenvalue weighted by Gasteiger charge is 2.45. The van der Waals surface area contributed by atoms with Gasteiger partial charge in [0.25, 0.3) is 11.5 Å². The van der Waals surface area contributed by atoms with Crippen molar-refractivity contribution in [2.75, 3.05) is 13.1 Å². The second kappa shape index (κ2) is 6.68. The quantitative estimate of drug-likeness (QED) is 0.918. The van der Waals surface area contributed by atoms with Gasteiger partial charge >= 0.3 is 0 Å². The van der Waals surface area contributed by atoms with E-state index < -0.39 is 0 Å². The number of H-pyrrole nitrogens is 1. The number of nitrogens with zero attached hydrogens (tertiary/aromatic N) is 3. The Labute approximate surface area is 153 Å². The SMILES string of the molecule is CC1(C)CN(C(=O)c2cn[nH]c(=O)c2)C(C)(C)CN1Cc1ccccc1. The fraction of sp³-hybridized carbons (Fsp3) is 0.450. The van der Waals surface area contributed by atoms with E-state index in [0.717, 1.165) is 13.1 Å². The van der Waals surface area contributed by atoms with Crippen LogP contribution in [0.2, 0.25) is 0 Å². The van der Waals surface area contributed by atoms with Gasteiger partial charge in [-0.15, -0.1) is 0 Å². The third-order valence-electron chi connectivity index (χ3n) is 5.08. The van der Waals surface area contributed by atoms with Gasteiger partial charge < -0.3 is 4.90 Å². The number of hydrogen-bond acceptors (Lipinski definition) is 4. The molecule has 1 amide bonds. The molecule has 3 rings (SSSR count). The summed E-state index contributed by atoms with van der Waals surface area (Å²) in [4.78, 5) is 28.8. The Bertz CT molecular complexity index is 842. The summed E-state index contributed by atoms with van der Waals surface area (Å²) in [7, 11) is 0. The van der Waals surface area contributed by atoms with E-state index in [-0.39, 0.29) is 22.5 Å². The lowest BCUT2D eigenvalue weighted by Gasteiger charge is -2.55.